The van der Waals surface area contributed by atoms with Crippen LogP contribution in [0.5, 0.6) is 0 Å². The Morgan fingerprint density at radius 3 is 2.18 bits per heavy atom. The number of aryl methyl sites for hydroxylation is 2. The third-order valence-corrected chi connectivity index (χ3v) is 3.14. The SMILES string of the molecule is Cc1cccc(C)c1C(CN)OC(C)C(C)O. The second kappa shape index (κ2) is 6.15. The Bertz CT molecular complexity index is 343. The average molecular weight is 237 g/mol. The maximum absolute atomic E-state index is 9.48. The standard InChI is InChI=1S/C14H23NO2/c1-9-6-5-7-10(2)14(9)13(8-15)17-12(4)11(3)16/h5-7,11-13,16H,8,15H2,1-4H3. The van der Waals surface area contributed by atoms with Crippen LogP contribution in [0.25, 0.3) is 0 Å². The van der Waals surface area contributed by atoms with Crippen LogP contribution in [0.3, 0.4) is 0 Å². The monoisotopic (exact) mass is 237 g/mol. The van der Waals surface area contributed by atoms with Crippen molar-refractivity contribution in [3.63, 3.8) is 0 Å². The summed E-state index contributed by atoms with van der Waals surface area (Å²) in [5.74, 6) is 0. The lowest BCUT2D eigenvalue weighted by molar-refractivity contribution is -0.0595. The first-order valence-electron chi connectivity index (χ1n) is 6.07. The van der Waals surface area contributed by atoms with E-state index in [-0.39, 0.29) is 12.2 Å². The summed E-state index contributed by atoms with van der Waals surface area (Å²) in [5.41, 5.74) is 9.28. The lowest BCUT2D eigenvalue weighted by atomic mass is 9.97. The number of aliphatic hydroxyl groups excluding tert-OH is 1. The zero-order valence-electron chi connectivity index (χ0n) is 11.1. The molecule has 0 saturated heterocycles. The van der Waals surface area contributed by atoms with Gasteiger partial charge in [-0.1, -0.05) is 18.2 Å². The Hall–Kier alpha value is -0.900. The minimum absolute atomic E-state index is 0.152. The van der Waals surface area contributed by atoms with Crippen LogP contribution in [0, 0.1) is 13.8 Å². The van der Waals surface area contributed by atoms with Crippen molar-refractivity contribution in [3.8, 4) is 0 Å². The third kappa shape index (κ3) is 3.53. The van der Waals surface area contributed by atoms with Crippen molar-refractivity contribution in [2.24, 2.45) is 5.73 Å². The van der Waals surface area contributed by atoms with Crippen molar-refractivity contribution in [2.45, 2.75) is 46.0 Å². The fraction of sp³-hybridized carbons (Fsp3) is 0.571. The lowest BCUT2D eigenvalue weighted by Crippen LogP contribution is -2.28. The molecule has 3 heteroatoms. The molecule has 0 aliphatic rings. The van der Waals surface area contributed by atoms with E-state index in [9.17, 15) is 5.11 Å². The van der Waals surface area contributed by atoms with E-state index >= 15 is 0 Å². The summed E-state index contributed by atoms with van der Waals surface area (Å²) >= 11 is 0. The van der Waals surface area contributed by atoms with Gasteiger partial charge in [-0.05, 0) is 44.4 Å². The van der Waals surface area contributed by atoms with Gasteiger partial charge in [0.2, 0.25) is 0 Å². The molecular weight excluding hydrogens is 214 g/mol. The highest BCUT2D eigenvalue weighted by Crippen LogP contribution is 2.25. The molecule has 0 aliphatic carbocycles. The Balaban J connectivity index is 2.94. The molecule has 0 aliphatic heterocycles. The summed E-state index contributed by atoms with van der Waals surface area (Å²) in [6.45, 7) is 8.12. The minimum Gasteiger partial charge on any atom is -0.391 e. The molecule has 0 heterocycles. The van der Waals surface area contributed by atoms with Gasteiger partial charge in [0.15, 0.2) is 0 Å². The largest absolute Gasteiger partial charge is 0.391 e. The molecule has 0 fully saturated rings. The number of rotatable bonds is 5. The maximum Gasteiger partial charge on any atom is 0.0957 e. The first-order chi connectivity index (χ1) is 7.97. The van der Waals surface area contributed by atoms with Crippen LogP contribution in [0.2, 0.25) is 0 Å². The molecule has 0 aromatic heterocycles. The number of hydrogen-bond donors (Lipinski definition) is 2. The molecule has 0 radical (unpaired) electrons. The predicted octanol–water partition coefficient (Wildman–Crippen LogP) is 2.09. The number of benzene rings is 1. The number of ether oxygens (including phenoxy) is 1. The highest BCUT2D eigenvalue weighted by Gasteiger charge is 2.20. The molecule has 3 atom stereocenters. The van der Waals surface area contributed by atoms with Crippen LogP contribution < -0.4 is 5.73 Å². The molecule has 1 rings (SSSR count). The zero-order valence-corrected chi connectivity index (χ0v) is 11.1. The Morgan fingerprint density at radius 2 is 1.76 bits per heavy atom. The van der Waals surface area contributed by atoms with E-state index in [0.29, 0.717) is 6.54 Å². The molecule has 3 nitrogen and oxygen atoms in total. The highest BCUT2D eigenvalue weighted by atomic mass is 16.5. The van der Waals surface area contributed by atoms with Crippen LogP contribution in [-0.4, -0.2) is 23.9 Å². The summed E-state index contributed by atoms with van der Waals surface area (Å²) in [6, 6.07) is 6.14. The molecule has 17 heavy (non-hydrogen) atoms. The predicted molar refractivity (Wildman–Crippen MR) is 69.9 cm³/mol. The molecule has 0 amide bonds. The second-order valence-electron chi connectivity index (χ2n) is 4.61. The summed E-state index contributed by atoms with van der Waals surface area (Å²) in [4.78, 5) is 0. The Kier molecular flexibility index (Phi) is 5.12. The van der Waals surface area contributed by atoms with Gasteiger partial charge < -0.3 is 15.6 Å². The Labute approximate surface area is 104 Å². The Morgan fingerprint density at radius 1 is 1.24 bits per heavy atom. The van der Waals surface area contributed by atoms with Crippen molar-refractivity contribution < 1.29 is 9.84 Å². The fourth-order valence-corrected chi connectivity index (χ4v) is 1.95. The summed E-state index contributed by atoms with van der Waals surface area (Å²) in [5, 5.41) is 9.48. The van der Waals surface area contributed by atoms with Gasteiger partial charge in [0.1, 0.15) is 0 Å². The van der Waals surface area contributed by atoms with Gasteiger partial charge in [0.05, 0.1) is 18.3 Å². The molecule has 1 aromatic rings. The quantitative estimate of drug-likeness (QED) is 0.824. The van der Waals surface area contributed by atoms with E-state index < -0.39 is 6.10 Å². The molecule has 3 N–H and O–H groups in total. The molecular formula is C14H23NO2. The van der Waals surface area contributed by atoms with Crippen molar-refractivity contribution in [2.75, 3.05) is 6.54 Å². The van der Waals surface area contributed by atoms with Crippen molar-refractivity contribution in [1.29, 1.82) is 0 Å². The first kappa shape index (κ1) is 14.2. The fourth-order valence-electron chi connectivity index (χ4n) is 1.95. The van der Waals surface area contributed by atoms with E-state index in [4.69, 9.17) is 10.5 Å². The van der Waals surface area contributed by atoms with Gasteiger partial charge in [-0.3, -0.25) is 0 Å². The smallest absolute Gasteiger partial charge is 0.0957 e. The van der Waals surface area contributed by atoms with E-state index in [0.717, 1.165) is 5.56 Å². The normalized spacial score (nSPS) is 16.6. The number of nitrogens with two attached hydrogens (primary N) is 1. The van der Waals surface area contributed by atoms with E-state index in [1.807, 2.05) is 13.0 Å². The van der Waals surface area contributed by atoms with Gasteiger partial charge in [0, 0.05) is 6.54 Å². The summed E-state index contributed by atoms with van der Waals surface area (Å²) in [6.07, 6.45) is -0.864. The molecule has 1 aromatic carbocycles. The maximum atomic E-state index is 9.48. The molecule has 0 bridgehead atoms. The van der Waals surface area contributed by atoms with Gasteiger partial charge in [-0.25, -0.2) is 0 Å². The van der Waals surface area contributed by atoms with Gasteiger partial charge in [-0.15, -0.1) is 0 Å². The first-order valence-corrected chi connectivity index (χ1v) is 6.07. The van der Waals surface area contributed by atoms with Crippen LogP contribution >= 0.6 is 0 Å². The molecule has 0 saturated carbocycles. The van der Waals surface area contributed by atoms with Crippen LogP contribution in [0.15, 0.2) is 18.2 Å². The molecule has 3 unspecified atom stereocenters. The van der Waals surface area contributed by atoms with Gasteiger partial charge in [0.25, 0.3) is 0 Å². The van der Waals surface area contributed by atoms with Crippen LogP contribution in [0.4, 0.5) is 0 Å². The number of hydrogen-bond acceptors (Lipinski definition) is 3. The van der Waals surface area contributed by atoms with Crippen molar-refractivity contribution in [1.82, 2.24) is 0 Å². The van der Waals surface area contributed by atoms with Crippen molar-refractivity contribution >= 4 is 0 Å². The second-order valence-corrected chi connectivity index (χ2v) is 4.61. The molecule has 96 valence electrons. The topological polar surface area (TPSA) is 55.5 Å². The highest BCUT2D eigenvalue weighted by molar-refractivity contribution is 5.35. The average Bonchev–Trinajstić information content (AvgIpc) is 2.26. The van der Waals surface area contributed by atoms with E-state index in [1.165, 1.54) is 11.1 Å². The lowest BCUT2D eigenvalue weighted by Gasteiger charge is -2.26. The zero-order chi connectivity index (χ0) is 13.0. The van der Waals surface area contributed by atoms with Crippen LogP contribution in [-0.2, 0) is 4.74 Å². The summed E-state index contributed by atoms with van der Waals surface area (Å²) < 4.78 is 5.83. The van der Waals surface area contributed by atoms with Crippen molar-refractivity contribution in [3.05, 3.63) is 34.9 Å². The summed E-state index contributed by atoms with van der Waals surface area (Å²) in [7, 11) is 0. The van der Waals surface area contributed by atoms with Crippen LogP contribution in [0.1, 0.15) is 36.6 Å². The minimum atomic E-state index is -0.492. The van der Waals surface area contributed by atoms with Gasteiger partial charge in [-0.2, -0.15) is 0 Å². The van der Waals surface area contributed by atoms with E-state index in [2.05, 4.69) is 26.0 Å². The van der Waals surface area contributed by atoms with E-state index in [1.54, 1.807) is 6.92 Å². The van der Waals surface area contributed by atoms with Gasteiger partial charge >= 0.3 is 0 Å². The number of aliphatic hydroxyl groups is 1. The third-order valence-electron chi connectivity index (χ3n) is 3.14. The molecule has 0 spiro atoms.